The van der Waals surface area contributed by atoms with Crippen molar-refractivity contribution in [3.63, 3.8) is 0 Å². The quantitative estimate of drug-likeness (QED) is 0.395. The molecular formula is C32H60O2. The van der Waals surface area contributed by atoms with Gasteiger partial charge in [-0.15, -0.1) is 0 Å². The molecule has 3 rings (SSSR count). The van der Waals surface area contributed by atoms with Crippen LogP contribution in [0.4, 0.5) is 0 Å². The highest BCUT2D eigenvalue weighted by Crippen LogP contribution is 2.39. The lowest BCUT2D eigenvalue weighted by Crippen LogP contribution is -2.35. The van der Waals surface area contributed by atoms with E-state index < -0.39 is 0 Å². The van der Waals surface area contributed by atoms with Crippen molar-refractivity contribution in [3.05, 3.63) is 0 Å². The fourth-order valence-electron chi connectivity index (χ4n) is 8.11. The van der Waals surface area contributed by atoms with E-state index in [1.54, 1.807) is 0 Å². The Balaban J connectivity index is 1.45. The molecule has 0 aliphatic heterocycles. The zero-order valence-electron chi connectivity index (χ0n) is 23.3. The fourth-order valence-corrected chi connectivity index (χ4v) is 8.11. The lowest BCUT2D eigenvalue weighted by molar-refractivity contribution is -0.0272. The van der Waals surface area contributed by atoms with E-state index in [-0.39, 0.29) is 0 Å². The Morgan fingerprint density at radius 1 is 0.294 bits per heavy atom. The number of rotatable bonds is 2. The second kappa shape index (κ2) is 17.4. The van der Waals surface area contributed by atoms with E-state index in [9.17, 15) is 0 Å². The third-order valence-corrected chi connectivity index (χ3v) is 10.0. The van der Waals surface area contributed by atoms with Crippen LogP contribution in [0.2, 0.25) is 0 Å². The molecule has 0 amide bonds. The molecule has 0 spiro atoms. The van der Waals surface area contributed by atoms with Crippen molar-refractivity contribution in [1.82, 2.24) is 0 Å². The topological polar surface area (TPSA) is 18.5 Å². The number of fused-ring (bicyclic) bond motifs is 4. The molecule has 0 aromatic heterocycles. The zero-order valence-corrected chi connectivity index (χ0v) is 23.3. The molecule has 200 valence electrons. The summed E-state index contributed by atoms with van der Waals surface area (Å²) in [5.41, 5.74) is 0. The Bertz CT molecular complexity index is 411. The molecule has 0 aromatic rings. The minimum atomic E-state index is 0.551. The predicted molar refractivity (Wildman–Crippen MR) is 146 cm³/mol. The molecule has 0 saturated heterocycles. The first-order valence-electron chi connectivity index (χ1n) is 15.9. The summed E-state index contributed by atoms with van der Waals surface area (Å²) in [6, 6.07) is 0. The van der Waals surface area contributed by atoms with Gasteiger partial charge in [0.05, 0.1) is 12.2 Å². The summed E-state index contributed by atoms with van der Waals surface area (Å²) < 4.78 is 12.2. The average Bonchev–Trinajstić information content (AvgIpc) is 2.86. The number of hydrogen-bond donors (Lipinski definition) is 0. The average molecular weight is 477 g/mol. The van der Waals surface area contributed by atoms with Crippen molar-refractivity contribution in [2.75, 3.05) is 14.2 Å². The van der Waals surface area contributed by atoms with Gasteiger partial charge in [-0.1, -0.05) is 103 Å². The summed E-state index contributed by atoms with van der Waals surface area (Å²) in [6.07, 6.45) is 35.4. The first-order chi connectivity index (χ1) is 16.8. The third kappa shape index (κ3) is 9.76. The molecule has 2 nitrogen and oxygen atoms in total. The normalized spacial score (nSPS) is 36.9. The van der Waals surface area contributed by atoms with Crippen LogP contribution < -0.4 is 0 Å². The van der Waals surface area contributed by atoms with Gasteiger partial charge in [0.15, 0.2) is 0 Å². The predicted octanol–water partition coefficient (Wildman–Crippen LogP) is 9.88. The molecule has 4 atom stereocenters. The molecule has 0 heterocycles. The Labute approximate surface area is 213 Å². The molecule has 2 heteroatoms. The van der Waals surface area contributed by atoms with Crippen molar-refractivity contribution in [2.24, 2.45) is 23.7 Å². The van der Waals surface area contributed by atoms with Crippen LogP contribution in [0.25, 0.3) is 0 Å². The maximum atomic E-state index is 6.12. The third-order valence-electron chi connectivity index (χ3n) is 10.0. The van der Waals surface area contributed by atoms with Crippen LogP contribution in [0.5, 0.6) is 0 Å². The number of ether oxygens (including phenoxy) is 2. The molecule has 4 unspecified atom stereocenters. The van der Waals surface area contributed by atoms with Crippen molar-refractivity contribution in [3.8, 4) is 0 Å². The summed E-state index contributed by atoms with van der Waals surface area (Å²) >= 11 is 0. The molecule has 0 radical (unpaired) electrons. The van der Waals surface area contributed by atoms with Gasteiger partial charge >= 0.3 is 0 Å². The summed E-state index contributed by atoms with van der Waals surface area (Å²) in [7, 11) is 3.99. The molecule has 4 bridgehead atoms. The van der Waals surface area contributed by atoms with E-state index in [1.165, 1.54) is 154 Å². The van der Waals surface area contributed by atoms with Crippen molar-refractivity contribution in [2.45, 2.75) is 166 Å². The highest BCUT2D eigenvalue weighted by atomic mass is 16.5. The summed E-state index contributed by atoms with van der Waals surface area (Å²) in [6.45, 7) is 0. The van der Waals surface area contributed by atoms with Gasteiger partial charge in [0.2, 0.25) is 0 Å². The van der Waals surface area contributed by atoms with Crippen LogP contribution in [0.15, 0.2) is 0 Å². The molecular weight excluding hydrogens is 416 g/mol. The molecule has 3 saturated carbocycles. The van der Waals surface area contributed by atoms with Crippen molar-refractivity contribution in [1.29, 1.82) is 0 Å². The highest BCUT2D eigenvalue weighted by molar-refractivity contribution is 4.84. The van der Waals surface area contributed by atoms with E-state index in [0.717, 1.165) is 23.7 Å². The van der Waals surface area contributed by atoms with Gasteiger partial charge in [-0.05, 0) is 75.0 Å². The van der Waals surface area contributed by atoms with Gasteiger partial charge < -0.3 is 9.47 Å². The number of hydrogen-bond acceptors (Lipinski definition) is 2. The first kappa shape index (κ1) is 28.5. The van der Waals surface area contributed by atoms with Gasteiger partial charge in [-0.25, -0.2) is 0 Å². The van der Waals surface area contributed by atoms with Gasteiger partial charge in [-0.3, -0.25) is 0 Å². The lowest BCUT2D eigenvalue weighted by Gasteiger charge is -2.37. The minimum Gasteiger partial charge on any atom is -0.381 e. The van der Waals surface area contributed by atoms with Crippen LogP contribution in [0, 0.1) is 23.7 Å². The Morgan fingerprint density at radius 3 is 0.735 bits per heavy atom. The van der Waals surface area contributed by atoms with Crippen LogP contribution in [-0.2, 0) is 9.47 Å². The summed E-state index contributed by atoms with van der Waals surface area (Å²) in [4.78, 5) is 0. The van der Waals surface area contributed by atoms with Gasteiger partial charge in [-0.2, -0.15) is 0 Å². The Hall–Kier alpha value is -0.0800. The van der Waals surface area contributed by atoms with Gasteiger partial charge in [0.25, 0.3) is 0 Å². The molecule has 3 aliphatic carbocycles. The maximum Gasteiger partial charge on any atom is 0.0627 e. The molecule has 3 fully saturated rings. The van der Waals surface area contributed by atoms with E-state index >= 15 is 0 Å². The summed E-state index contributed by atoms with van der Waals surface area (Å²) in [5.74, 6) is 3.34. The lowest BCUT2D eigenvalue weighted by atomic mass is 9.74. The second-order valence-corrected chi connectivity index (χ2v) is 12.4. The largest absolute Gasteiger partial charge is 0.381 e. The SMILES string of the molecule is COC1C2CCCCCCCCCC3CCCC(CCCCCCCCCC1CCC2)C3OC. The Kier molecular flexibility index (Phi) is 14.6. The van der Waals surface area contributed by atoms with Gasteiger partial charge in [0.1, 0.15) is 0 Å². The standard InChI is InChI=1S/C32H60O2/c1-33-31-27-19-13-9-5-3-7-11-15-21-29-25-18-26-30(32(29)34-2)22-16-12-8-4-6-10-14-20-28(31)24-17-23-27/h27-32H,3-26H2,1-2H3. The van der Waals surface area contributed by atoms with Crippen LogP contribution in [0.3, 0.4) is 0 Å². The molecule has 3 aliphatic rings. The van der Waals surface area contributed by atoms with Crippen LogP contribution >= 0.6 is 0 Å². The van der Waals surface area contributed by atoms with E-state index in [4.69, 9.17) is 9.47 Å². The molecule has 34 heavy (non-hydrogen) atoms. The molecule has 0 N–H and O–H groups in total. The summed E-state index contributed by atoms with van der Waals surface area (Å²) in [5, 5.41) is 0. The second-order valence-electron chi connectivity index (χ2n) is 12.4. The van der Waals surface area contributed by atoms with E-state index in [2.05, 4.69) is 0 Å². The monoisotopic (exact) mass is 476 g/mol. The minimum absolute atomic E-state index is 0.551. The Morgan fingerprint density at radius 2 is 0.500 bits per heavy atom. The zero-order chi connectivity index (χ0) is 23.8. The van der Waals surface area contributed by atoms with E-state index in [1.807, 2.05) is 14.2 Å². The van der Waals surface area contributed by atoms with E-state index in [0.29, 0.717) is 12.2 Å². The maximum absolute atomic E-state index is 6.12. The fraction of sp³-hybridized carbons (Fsp3) is 1.00. The van der Waals surface area contributed by atoms with Crippen molar-refractivity contribution < 1.29 is 9.47 Å². The van der Waals surface area contributed by atoms with Gasteiger partial charge in [0, 0.05) is 14.2 Å². The van der Waals surface area contributed by atoms with Crippen LogP contribution in [0.1, 0.15) is 154 Å². The first-order valence-corrected chi connectivity index (χ1v) is 15.9. The number of methoxy groups -OCH3 is 2. The van der Waals surface area contributed by atoms with Crippen molar-refractivity contribution >= 4 is 0 Å². The smallest absolute Gasteiger partial charge is 0.0627 e. The highest BCUT2D eigenvalue weighted by Gasteiger charge is 2.33. The van der Waals surface area contributed by atoms with Crippen LogP contribution in [-0.4, -0.2) is 26.4 Å². The molecule has 0 aromatic carbocycles.